The molecule has 1 aliphatic rings. The van der Waals surface area contributed by atoms with Crippen molar-refractivity contribution in [2.45, 2.75) is 25.9 Å². The van der Waals surface area contributed by atoms with E-state index in [2.05, 4.69) is 22.0 Å². The molecule has 1 N–H and O–H groups in total. The summed E-state index contributed by atoms with van der Waals surface area (Å²) in [6.07, 6.45) is 0. The molecule has 0 aliphatic carbocycles. The Hall–Kier alpha value is -2.57. The lowest BCUT2D eigenvalue weighted by molar-refractivity contribution is -0.121. The Labute approximate surface area is 176 Å². The van der Waals surface area contributed by atoms with Crippen molar-refractivity contribution in [1.82, 2.24) is 4.90 Å². The van der Waals surface area contributed by atoms with Crippen molar-refractivity contribution in [2.24, 2.45) is 0 Å². The summed E-state index contributed by atoms with van der Waals surface area (Å²) in [6, 6.07) is 14.6. The zero-order valence-corrected chi connectivity index (χ0v) is 17.6. The first-order chi connectivity index (χ1) is 13.9. The fourth-order valence-corrected chi connectivity index (χ4v) is 3.84. The molecule has 0 radical (unpaired) electrons. The van der Waals surface area contributed by atoms with Crippen molar-refractivity contribution in [3.05, 3.63) is 59.1 Å². The summed E-state index contributed by atoms with van der Waals surface area (Å²) in [4.78, 5) is 28.8. The number of amides is 1. The lowest BCUT2D eigenvalue weighted by Gasteiger charge is -2.43. The second-order valence-electron chi connectivity index (χ2n) is 7.22. The standard InChI is InChI=1S/C22H26ClN3O3/c1-15-14-25(18-10-8-17(9-11-18)22(28)29-3)12-13-26(15)16(2)21(27)24-20-7-5-4-6-19(20)23/h4-11,15-16H,12-14H2,1-3H3,(H,24,27). The molecule has 0 saturated carbocycles. The molecule has 1 amide bonds. The van der Waals surface area contributed by atoms with Crippen molar-refractivity contribution in [3.8, 4) is 0 Å². The smallest absolute Gasteiger partial charge is 0.337 e. The topological polar surface area (TPSA) is 61.9 Å². The maximum Gasteiger partial charge on any atom is 0.337 e. The van der Waals surface area contributed by atoms with Crippen molar-refractivity contribution in [1.29, 1.82) is 0 Å². The third-order valence-electron chi connectivity index (χ3n) is 5.34. The van der Waals surface area contributed by atoms with Crippen LogP contribution < -0.4 is 10.2 Å². The number of esters is 1. The molecule has 2 aromatic carbocycles. The van der Waals surface area contributed by atoms with Crippen LogP contribution in [0.25, 0.3) is 0 Å². The molecule has 29 heavy (non-hydrogen) atoms. The number of anilines is 2. The first kappa shape index (κ1) is 21.1. The average Bonchev–Trinajstić information content (AvgIpc) is 2.74. The number of hydrogen-bond donors (Lipinski definition) is 1. The molecule has 0 spiro atoms. The summed E-state index contributed by atoms with van der Waals surface area (Å²) >= 11 is 6.15. The minimum absolute atomic E-state index is 0.0687. The number of nitrogens with zero attached hydrogens (tertiary/aromatic N) is 2. The Morgan fingerprint density at radius 2 is 1.83 bits per heavy atom. The van der Waals surface area contributed by atoms with E-state index in [0.717, 1.165) is 25.3 Å². The second kappa shape index (κ2) is 9.29. The number of hydrogen-bond acceptors (Lipinski definition) is 5. The molecular formula is C22H26ClN3O3. The fourth-order valence-electron chi connectivity index (χ4n) is 3.66. The van der Waals surface area contributed by atoms with Gasteiger partial charge in [0.05, 0.1) is 29.4 Å². The number of halogens is 1. The maximum atomic E-state index is 12.7. The molecule has 0 bridgehead atoms. The molecule has 2 aromatic rings. The number of methoxy groups -OCH3 is 1. The summed E-state index contributed by atoms with van der Waals surface area (Å²) < 4.78 is 4.75. The van der Waals surface area contributed by atoms with Gasteiger partial charge in [-0.15, -0.1) is 0 Å². The van der Waals surface area contributed by atoms with E-state index in [9.17, 15) is 9.59 Å². The van der Waals surface area contributed by atoms with Gasteiger partial charge in [-0.2, -0.15) is 0 Å². The Bertz CT molecular complexity index is 872. The zero-order chi connectivity index (χ0) is 21.0. The number of piperazine rings is 1. The molecule has 3 rings (SSSR count). The first-order valence-corrected chi connectivity index (χ1v) is 10.0. The third kappa shape index (κ3) is 4.89. The summed E-state index contributed by atoms with van der Waals surface area (Å²) in [7, 11) is 1.38. The molecule has 7 heteroatoms. The predicted octanol–water partition coefficient (Wildman–Crippen LogP) is 3.66. The minimum Gasteiger partial charge on any atom is -0.465 e. The normalized spacial score (nSPS) is 18.2. The van der Waals surface area contributed by atoms with Gasteiger partial charge in [0.2, 0.25) is 5.91 Å². The highest BCUT2D eigenvalue weighted by Gasteiger charge is 2.31. The number of carbonyl (C=O) groups is 2. The van der Waals surface area contributed by atoms with E-state index in [1.165, 1.54) is 7.11 Å². The summed E-state index contributed by atoms with van der Waals surface area (Å²) in [6.45, 7) is 6.39. The lowest BCUT2D eigenvalue weighted by Crippen LogP contribution is -2.57. The van der Waals surface area contributed by atoms with E-state index in [1.54, 1.807) is 24.3 Å². The van der Waals surface area contributed by atoms with Gasteiger partial charge in [0.15, 0.2) is 0 Å². The SMILES string of the molecule is COC(=O)c1ccc(N2CCN(C(C)C(=O)Nc3ccccc3Cl)C(C)C2)cc1. The number of carbonyl (C=O) groups excluding carboxylic acids is 2. The molecule has 1 heterocycles. The first-order valence-electron chi connectivity index (χ1n) is 9.65. The lowest BCUT2D eigenvalue weighted by atomic mass is 10.1. The molecule has 0 aromatic heterocycles. The molecule has 2 atom stereocenters. The van der Waals surface area contributed by atoms with Crippen molar-refractivity contribution >= 4 is 34.9 Å². The third-order valence-corrected chi connectivity index (χ3v) is 5.67. The average molecular weight is 416 g/mol. The van der Waals surface area contributed by atoms with Crippen LogP contribution in [0.3, 0.4) is 0 Å². The Morgan fingerprint density at radius 3 is 2.45 bits per heavy atom. The van der Waals surface area contributed by atoms with E-state index in [0.29, 0.717) is 16.3 Å². The quantitative estimate of drug-likeness (QED) is 0.755. The van der Waals surface area contributed by atoms with Gasteiger partial charge in [0, 0.05) is 31.4 Å². The van der Waals surface area contributed by atoms with Gasteiger partial charge < -0.3 is 15.0 Å². The van der Waals surface area contributed by atoms with Crippen molar-refractivity contribution in [3.63, 3.8) is 0 Å². The predicted molar refractivity (Wildman–Crippen MR) is 116 cm³/mol. The molecule has 1 saturated heterocycles. The van der Waals surface area contributed by atoms with Crippen LogP contribution in [0.5, 0.6) is 0 Å². The van der Waals surface area contributed by atoms with Crippen LogP contribution in [0.2, 0.25) is 5.02 Å². The van der Waals surface area contributed by atoms with Crippen LogP contribution in [0, 0.1) is 0 Å². The van der Waals surface area contributed by atoms with Gasteiger partial charge in [-0.05, 0) is 50.2 Å². The largest absolute Gasteiger partial charge is 0.465 e. The highest BCUT2D eigenvalue weighted by Crippen LogP contribution is 2.24. The van der Waals surface area contributed by atoms with Gasteiger partial charge in [0.25, 0.3) is 0 Å². The van der Waals surface area contributed by atoms with Gasteiger partial charge >= 0.3 is 5.97 Å². The number of ether oxygens (including phenoxy) is 1. The Morgan fingerprint density at radius 1 is 1.14 bits per heavy atom. The number of nitrogens with one attached hydrogen (secondary N) is 1. The zero-order valence-electron chi connectivity index (χ0n) is 16.9. The Kier molecular flexibility index (Phi) is 6.77. The van der Waals surface area contributed by atoms with E-state index in [4.69, 9.17) is 16.3 Å². The number of rotatable bonds is 5. The molecule has 6 nitrogen and oxygen atoms in total. The van der Waals surface area contributed by atoms with Crippen LogP contribution in [-0.2, 0) is 9.53 Å². The highest BCUT2D eigenvalue weighted by molar-refractivity contribution is 6.33. The van der Waals surface area contributed by atoms with Crippen molar-refractivity contribution in [2.75, 3.05) is 37.0 Å². The summed E-state index contributed by atoms with van der Waals surface area (Å²) in [5.41, 5.74) is 2.22. The summed E-state index contributed by atoms with van der Waals surface area (Å²) in [5, 5.41) is 3.45. The molecule has 154 valence electrons. The number of benzene rings is 2. The van der Waals surface area contributed by atoms with E-state index in [1.807, 2.05) is 31.2 Å². The van der Waals surface area contributed by atoms with Crippen LogP contribution in [0.4, 0.5) is 11.4 Å². The molecular weight excluding hydrogens is 390 g/mol. The molecule has 1 fully saturated rings. The van der Waals surface area contributed by atoms with E-state index < -0.39 is 0 Å². The summed E-state index contributed by atoms with van der Waals surface area (Å²) in [5.74, 6) is -0.408. The monoisotopic (exact) mass is 415 g/mol. The molecule has 1 aliphatic heterocycles. The fraction of sp³-hybridized carbons (Fsp3) is 0.364. The van der Waals surface area contributed by atoms with Gasteiger partial charge in [-0.25, -0.2) is 4.79 Å². The molecule has 2 unspecified atom stereocenters. The van der Waals surface area contributed by atoms with Gasteiger partial charge in [0.1, 0.15) is 0 Å². The highest BCUT2D eigenvalue weighted by atomic mass is 35.5. The Balaban J connectivity index is 1.61. The van der Waals surface area contributed by atoms with Crippen LogP contribution in [0.15, 0.2) is 48.5 Å². The van der Waals surface area contributed by atoms with Crippen LogP contribution in [-0.4, -0.2) is 55.6 Å². The van der Waals surface area contributed by atoms with Gasteiger partial charge in [-0.1, -0.05) is 23.7 Å². The van der Waals surface area contributed by atoms with Crippen LogP contribution >= 0.6 is 11.6 Å². The van der Waals surface area contributed by atoms with E-state index in [-0.39, 0.29) is 24.0 Å². The maximum absolute atomic E-state index is 12.7. The van der Waals surface area contributed by atoms with Gasteiger partial charge in [-0.3, -0.25) is 9.69 Å². The van der Waals surface area contributed by atoms with E-state index >= 15 is 0 Å². The van der Waals surface area contributed by atoms with Crippen LogP contribution in [0.1, 0.15) is 24.2 Å². The number of para-hydroxylation sites is 1. The second-order valence-corrected chi connectivity index (χ2v) is 7.62. The minimum atomic E-state index is -0.340. The van der Waals surface area contributed by atoms with Crippen molar-refractivity contribution < 1.29 is 14.3 Å².